The number of thiophene rings is 1. The summed E-state index contributed by atoms with van der Waals surface area (Å²) in [4.78, 5) is 29.7. The molecule has 0 aromatic carbocycles. The quantitative estimate of drug-likeness (QED) is 0.902. The Morgan fingerprint density at radius 1 is 1.50 bits per heavy atom. The van der Waals surface area contributed by atoms with Crippen molar-refractivity contribution in [1.82, 2.24) is 14.9 Å². The van der Waals surface area contributed by atoms with Crippen LogP contribution in [0.3, 0.4) is 0 Å². The van der Waals surface area contributed by atoms with E-state index in [0.717, 1.165) is 16.1 Å². The van der Waals surface area contributed by atoms with Crippen LogP contribution in [0.1, 0.15) is 18.7 Å². The van der Waals surface area contributed by atoms with Crippen molar-refractivity contribution in [3.63, 3.8) is 0 Å². The first kappa shape index (κ1) is 12.8. The maximum Gasteiger partial charge on any atom is 0.262 e. The zero-order chi connectivity index (χ0) is 13.1. The highest BCUT2D eigenvalue weighted by atomic mass is 32.1. The number of nitrogens with one attached hydrogen (secondary N) is 1. The summed E-state index contributed by atoms with van der Waals surface area (Å²) in [7, 11) is 0. The predicted octanol–water partition coefficient (Wildman–Crippen LogP) is 1.16. The van der Waals surface area contributed by atoms with Crippen molar-refractivity contribution in [3.05, 3.63) is 27.6 Å². The summed E-state index contributed by atoms with van der Waals surface area (Å²) in [6.45, 7) is 4.46. The standard InChI is InChI=1S/C12H15N3O2S/c1-3-8-5-9-11(18-8)14-7-15(12(9)17)6-10(16)13-4-2/h5,7H,3-4,6H2,1-2H3,(H,13,16). The van der Waals surface area contributed by atoms with Gasteiger partial charge in [-0.25, -0.2) is 4.98 Å². The molecule has 2 heterocycles. The van der Waals surface area contributed by atoms with Crippen LogP contribution in [0.25, 0.3) is 10.2 Å². The van der Waals surface area contributed by atoms with Crippen LogP contribution < -0.4 is 10.9 Å². The largest absolute Gasteiger partial charge is 0.355 e. The van der Waals surface area contributed by atoms with Gasteiger partial charge in [0.1, 0.15) is 11.4 Å². The lowest BCUT2D eigenvalue weighted by Crippen LogP contribution is -2.32. The van der Waals surface area contributed by atoms with Crippen molar-refractivity contribution < 1.29 is 4.79 Å². The molecule has 96 valence electrons. The molecule has 2 rings (SSSR count). The third-order valence-corrected chi connectivity index (χ3v) is 3.79. The van der Waals surface area contributed by atoms with Crippen molar-refractivity contribution in [2.24, 2.45) is 0 Å². The molecule has 18 heavy (non-hydrogen) atoms. The molecule has 0 aliphatic heterocycles. The summed E-state index contributed by atoms with van der Waals surface area (Å²) in [6, 6.07) is 1.86. The number of nitrogens with zero attached hydrogens (tertiary/aromatic N) is 2. The highest BCUT2D eigenvalue weighted by Gasteiger charge is 2.10. The molecule has 0 unspecified atom stereocenters. The minimum atomic E-state index is -0.174. The summed E-state index contributed by atoms with van der Waals surface area (Å²) in [5.41, 5.74) is -0.151. The molecule has 0 aliphatic rings. The Kier molecular flexibility index (Phi) is 3.76. The van der Waals surface area contributed by atoms with Gasteiger partial charge in [-0.3, -0.25) is 14.2 Å². The van der Waals surface area contributed by atoms with Crippen LogP contribution in [-0.4, -0.2) is 22.0 Å². The topological polar surface area (TPSA) is 64.0 Å². The Morgan fingerprint density at radius 3 is 2.94 bits per heavy atom. The fourth-order valence-electron chi connectivity index (χ4n) is 1.70. The summed E-state index contributed by atoms with van der Waals surface area (Å²) in [5, 5.41) is 3.26. The van der Waals surface area contributed by atoms with Crippen LogP contribution in [0.15, 0.2) is 17.2 Å². The number of carbonyl (C=O) groups is 1. The maximum absolute atomic E-state index is 12.1. The van der Waals surface area contributed by atoms with Gasteiger partial charge in [0.05, 0.1) is 11.7 Å². The molecule has 0 fully saturated rings. The zero-order valence-electron chi connectivity index (χ0n) is 10.4. The molecule has 5 nitrogen and oxygen atoms in total. The number of rotatable bonds is 4. The molecule has 0 saturated carbocycles. The molecule has 2 aromatic heterocycles. The maximum atomic E-state index is 12.1. The van der Waals surface area contributed by atoms with Gasteiger partial charge in [0.15, 0.2) is 0 Å². The number of carbonyl (C=O) groups excluding carboxylic acids is 1. The van der Waals surface area contributed by atoms with Crippen molar-refractivity contribution >= 4 is 27.5 Å². The summed E-state index contributed by atoms with van der Waals surface area (Å²) in [6.07, 6.45) is 2.33. The van der Waals surface area contributed by atoms with Gasteiger partial charge in [-0.15, -0.1) is 11.3 Å². The van der Waals surface area contributed by atoms with Gasteiger partial charge in [0, 0.05) is 11.4 Å². The van der Waals surface area contributed by atoms with Crippen molar-refractivity contribution in [3.8, 4) is 0 Å². The van der Waals surface area contributed by atoms with E-state index in [1.807, 2.05) is 19.9 Å². The van der Waals surface area contributed by atoms with Crippen LogP contribution in [0.5, 0.6) is 0 Å². The molecule has 6 heteroatoms. The molecule has 0 spiro atoms. The number of aromatic nitrogens is 2. The van der Waals surface area contributed by atoms with Gasteiger partial charge in [0.2, 0.25) is 5.91 Å². The number of hydrogen-bond acceptors (Lipinski definition) is 4. The summed E-state index contributed by atoms with van der Waals surface area (Å²) < 4.78 is 1.35. The highest BCUT2D eigenvalue weighted by molar-refractivity contribution is 7.18. The summed E-state index contributed by atoms with van der Waals surface area (Å²) in [5.74, 6) is -0.174. The minimum Gasteiger partial charge on any atom is -0.355 e. The average molecular weight is 265 g/mol. The number of aryl methyl sites for hydroxylation is 1. The van der Waals surface area contributed by atoms with E-state index in [9.17, 15) is 9.59 Å². The van der Waals surface area contributed by atoms with E-state index in [1.54, 1.807) is 0 Å². The second kappa shape index (κ2) is 5.30. The van der Waals surface area contributed by atoms with Gasteiger partial charge in [0.25, 0.3) is 5.56 Å². The lowest BCUT2D eigenvalue weighted by atomic mass is 10.3. The minimum absolute atomic E-state index is 0.0208. The lowest BCUT2D eigenvalue weighted by molar-refractivity contribution is -0.121. The van der Waals surface area contributed by atoms with Crippen molar-refractivity contribution in [2.75, 3.05) is 6.54 Å². The molecule has 0 aliphatic carbocycles. The summed E-state index contributed by atoms with van der Waals surface area (Å²) >= 11 is 1.52. The van der Waals surface area contributed by atoms with Crippen LogP contribution in [0.4, 0.5) is 0 Å². The molecule has 2 aromatic rings. The third kappa shape index (κ3) is 2.43. The second-order valence-electron chi connectivity index (χ2n) is 3.92. The lowest BCUT2D eigenvalue weighted by Gasteiger charge is -2.04. The van der Waals surface area contributed by atoms with Gasteiger partial charge >= 0.3 is 0 Å². The average Bonchev–Trinajstić information content (AvgIpc) is 2.77. The van der Waals surface area contributed by atoms with E-state index in [1.165, 1.54) is 22.2 Å². The van der Waals surface area contributed by atoms with E-state index < -0.39 is 0 Å². The first-order chi connectivity index (χ1) is 8.65. The third-order valence-electron chi connectivity index (χ3n) is 2.61. The number of fused-ring (bicyclic) bond motifs is 1. The van der Waals surface area contributed by atoms with Crippen LogP contribution >= 0.6 is 11.3 Å². The number of likely N-dealkylation sites (N-methyl/N-ethyl adjacent to an activating group) is 1. The Morgan fingerprint density at radius 2 is 2.28 bits per heavy atom. The van der Waals surface area contributed by atoms with E-state index in [-0.39, 0.29) is 18.0 Å². The Hall–Kier alpha value is -1.69. The molecule has 0 bridgehead atoms. The normalized spacial score (nSPS) is 10.8. The SMILES string of the molecule is CCNC(=O)Cn1cnc2sc(CC)cc2c1=O. The van der Waals surface area contributed by atoms with Crippen molar-refractivity contribution in [2.45, 2.75) is 26.8 Å². The molecule has 0 radical (unpaired) electrons. The monoisotopic (exact) mass is 265 g/mol. The molecular formula is C12H15N3O2S. The fourth-order valence-corrected chi connectivity index (χ4v) is 2.63. The second-order valence-corrected chi connectivity index (χ2v) is 5.03. The highest BCUT2D eigenvalue weighted by Crippen LogP contribution is 2.20. The molecule has 0 saturated heterocycles. The van der Waals surface area contributed by atoms with Gasteiger partial charge < -0.3 is 5.32 Å². The van der Waals surface area contributed by atoms with E-state index in [0.29, 0.717) is 11.9 Å². The van der Waals surface area contributed by atoms with Crippen LogP contribution in [0.2, 0.25) is 0 Å². The smallest absolute Gasteiger partial charge is 0.262 e. The first-order valence-electron chi connectivity index (χ1n) is 5.90. The van der Waals surface area contributed by atoms with Crippen LogP contribution in [0, 0.1) is 0 Å². The van der Waals surface area contributed by atoms with E-state index in [4.69, 9.17) is 0 Å². The fraction of sp³-hybridized carbons (Fsp3) is 0.417. The molecular weight excluding hydrogens is 250 g/mol. The first-order valence-corrected chi connectivity index (χ1v) is 6.72. The Bertz CT molecular complexity index is 630. The molecule has 1 amide bonds. The Balaban J connectivity index is 2.38. The molecule has 1 N–H and O–H groups in total. The Labute approximate surface area is 108 Å². The zero-order valence-corrected chi connectivity index (χ0v) is 11.2. The van der Waals surface area contributed by atoms with Gasteiger partial charge in [-0.1, -0.05) is 6.92 Å². The van der Waals surface area contributed by atoms with Crippen molar-refractivity contribution in [1.29, 1.82) is 0 Å². The van der Waals surface area contributed by atoms with E-state index >= 15 is 0 Å². The predicted molar refractivity (Wildman–Crippen MR) is 71.9 cm³/mol. The van der Waals surface area contributed by atoms with Crippen LogP contribution in [-0.2, 0) is 17.8 Å². The molecule has 0 atom stereocenters. The number of hydrogen-bond donors (Lipinski definition) is 1. The van der Waals surface area contributed by atoms with E-state index in [2.05, 4.69) is 10.3 Å². The van der Waals surface area contributed by atoms with Gasteiger partial charge in [-0.2, -0.15) is 0 Å². The van der Waals surface area contributed by atoms with Gasteiger partial charge in [-0.05, 0) is 19.4 Å². The number of amides is 1.